The molecule has 0 aromatic heterocycles. The summed E-state index contributed by atoms with van der Waals surface area (Å²) in [7, 11) is 0. The summed E-state index contributed by atoms with van der Waals surface area (Å²) in [5.41, 5.74) is -0.739. The van der Waals surface area contributed by atoms with Crippen molar-refractivity contribution in [3.63, 3.8) is 0 Å². The van der Waals surface area contributed by atoms with Gasteiger partial charge in [-0.2, -0.15) is 0 Å². The molecule has 2 amide bonds. The average molecular weight is 268 g/mol. The lowest BCUT2D eigenvalue weighted by Gasteiger charge is -2.35. The maximum atomic E-state index is 12.7. The van der Waals surface area contributed by atoms with Gasteiger partial charge in [0.25, 0.3) is 0 Å². The molecule has 0 bridgehead atoms. The maximum absolute atomic E-state index is 12.7. The van der Waals surface area contributed by atoms with Gasteiger partial charge < -0.3 is 10.2 Å². The van der Waals surface area contributed by atoms with Crippen LogP contribution in [0.5, 0.6) is 0 Å². The van der Waals surface area contributed by atoms with E-state index in [-0.39, 0.29) is 17.9 Å². The molecular formula is C15H28N2O2. The number of amides is 2. The lowest BCUT2D eigenvalue weighted by atomic mass is 9.94. The van der Waals surface area contributed by atoms with E-state index < -0.39 is 5.54 Å². The smallest absolute Gasteiger partial charge is 0.248 e. The summed E-state index contributed by atoms with van der Waals surface area (Å²) in [5, 5.41) is 2.88. The van der Waals surface area contributed by atoms with Gasteiger partial charge in [-0.3, -0.25) is 9.59 Å². The van der Waals surface area contributed by atoms with E-state index in [4.69, 9.17) is 0 Å². The van der Waals surface area contributed by atoms with Crippen LogP contribution in [0.2, 0.25) is 0 Å². The molecule has 3 atom stereocenters. The molecule has 1 fully saturated rings. The summed E-state index contributed by atoms with van der Waals surface area (Å²) >= 11 is 0. The predicted octanol–water partition coefficient (Wildman–Crippen LogP) is 2.33. The van der Waals surface area contributed by atoms with Crippen molar-refractivity contribution in [2.75, 3.05) is 6.54 Å². The Morgan fingerprint density at radius 2 is 1.95 bits per heavy atom. The molecule has 4 heteroatoms. The lowest BCUT2D eigenvalue weighted by Crippen LogP contribution is -2.56. The Morgan fingerprint density at radius 1 is 1.32 bits per heavy atom. The van der Waals surface area contributed by atoms with Gasteiger partial charge in [0.2, 0.25) is 11.8 Å². The highest BCUT2D eigenvalue weighted by molar-refractivity contribution is 5.93. The third-order valence-corrected chi connectivity index (χ3v) is 4.41. The normalized spacial score (nSPS) is 27.7. The van der Waals surface area contributed by atoms with Gasteiger partial charge in [0, 0.05) is 19.0 Å². The molecule has 1 aliphatic heterocycles. The summed E-state index contributed by atoms with van der Waals surface area (Å²) in [5.74, 6) is 0.648. The SMILES string of the molecule is CCC(C)CC(C)N1CCC(=O)NC(C)(CC)C1=O. The Labute approximate surface area is 116 Å². The molecule has 19 heavy (non-hydrogen) atoms. The maximum Gasteiger partial charge on any atom is 0.248 e. The molecule has 0 saturated carbocycles. The summed E-state index contributed by atoms with van der Waals surface area (Å²) in [6, 6.07) is 0.195. The van der Waals surface area contributed by atoms with Gasteiger partial charge in [-0.1, -0.05) is 27.2 Å². The van der Waals surface area contributed by atoms with Gasteiger partial charge in [0.15, 0.2) is 0 Å². The predicted molar refractivity (Wildman–Crippen MR) is 76.7 cm³/mol. The van der Waals surface area contributed by atoms with Gasteiger partial charge in [0.05, 0.1) is 0 Å². The van der Waals surface area contributed by atoms with Crippen LogP contribution >= 0.6 is 0 Å². The second kappa shape index (κ2) is 6.40. The summed E-state index contributed by atoms with van der Waals surface area (Å²) < 4.78 is 0. The molecule has 4 nitrogen and oxygen atoms in total. The Kier molecular flexibility index (Phi) is 5.39. The topological polar surface area (TPSA) is 49.4 Å². The Hall–Kier alpha value is -1.06. The van der Waals surface area contributed by atoms with Crippen molar-refractivity contribution in [3.8, 4) is 0 Å². The van der Waals surface area contributed by atoms with E-state index >= 15 is 0 Å². The third kappa shape index (κ3) is 3.71. The number of rotatable bonds is 5. The first-order valence-electron chi connectivity index (χ1n) is 7.46. The third-order valence-electron chi connectivity index (χ3n) is 4.41. The van der Waals surface area contributed by atoms with Crippen LogP contribution in [-0.4, -0.2) is 34.8 Å². The number of nitrogens with one attached hydrogen (secondary N) is 1. The van der Waals surface area contributed by atoms with Crippen molar-refractivity contribution in [2.45, 2.75) is 71.9 Å². The van der Waals surface area contributed by atoms with Gasteiger partial charge in [-0.05, 0) is 32.6 Å². The first kappa shape index (κ1) is 16.0. The molecule has 1 N–H and O–H groups in total. The molecule has 0 aliphatic carbocycles. The highest BCUT2D eigenvalue weighted by Gasteiger charge is 2.40. The minimum Gasteiger partial charge on any atom is -0.342 e. The lowest BCUT2D eigenvalue weighted by molar-refractivity contribution is -0.140. The second-order valence-corrected chi connectivity index (χ2v) is 6.08. The van der Waals surface area contributed by atoms with Crippen LogP contribution in [0.15, 0.2) is 0 Å². The van der Waals surface area contributed by atoms with E-state index in [2.05, 4.69) is 26.1 Å². The molecule has 1 saturated heterocycles. The monoisotopic (exact) mass is 268 g/mol. The summed E-state index contributed by atoms with van der Waals surface area (Å²) in [6.07, 6.45) is 3.15. The van der Waals surface area contributed by atoms with Crippen molar-refractivity contribution in [2.24, 2.45) is 5.92 Å². The van der Waals surface area contributed by atoms with Crippen molar-refractivity contribution in [1.82, 2.24) is 10.2 Å². The minimum atomic E-state index is -0.739. The molecule has 0 radical (unpaired) electrons. The Balaban J connectivity index is 2.87. The van der Waals surface area contributed by atoms with E-state index in [9.17, 15) is 9.59 Å². The Morgan fingerprint density at radius 3 is 2.47 bits per heavy atom. The number of hydrogen-bond donors (Lipinski definition) is 1. The van der Waals surface area contributed by atoms with Gasteiger partial charge in [-0.25, -0.2) is 0 Å². The van der Waals surface area contributed by atoms with E-state index in [1.54, 1.807) is 0 Å². The number of hydrogen-bond acceptors (Lipinski definition) is 2. The zero-order valence-corrected chi connectivity index (χ0v) is 13.0. The molecule has 3 unspecified atom stereocenters. The quantitative estimate of drug-likeness (QED) is 0.832. The molecule has 0 aromatic rings. The van der Waals surface area contributed by atoms with E-state index in [0.717, 1.165) is 12.8 Å². The van der Waals surface area contributed by atoms with E-state index in [1.165, 1.54) is 0 Å². The average Bonchev–Trinajstić information content (AvgIpc) is 2.48. The number of nitrogens with zero attached hydrogens (tertiary/aromatic N) is 1. The van der Waals surface area contributed by atoms with Crippen molar-refractivity contribution in [1.29, 1.82) is 0 Å². The van der Waals surface area contributed by atoms with Crippen LogP contribution in [0.4, 0.5) is 0 Å². The molecule has 110 valence electrons. The van der Waals surface area contributed by atoms with Crippen LogP contribution in [0, 0.1) is 5.92 Å². The highest BCUT2D eigenvalue weighted by atomic mass is 16.2. The summed E-state index contributed by atoms with van der Waals surface area (Å²) in [6.45, 7) is 10.8. The minimum absolute atomic E-state index is 0.0176. The molecule has 1 heterocycles. The van der Waals surface area contributed by atoms with Crippen molar-refractivity contribution < 1.29 is 9.59 Å². The van der Waals surface area contributed by atoms with Gasteiger partial charge >= 0.3 is 0 Å². The van der Waals surface area contributed by atoms with Crippen molar-refractivity contribution >= 4 is 11.8 Å². The first-order valence-corrected chi connectivity index (χ1v) is 7.46. The number of carbonyl (C=O) groups is 2. The fourth-order valence-electron chi connectivity index (χ4n) is 2.60. The largest absolute Gasteiger partial charge is 0.342 e. The molecule has 1 rings (SSSR count). The molecule has 1 aliphatic rings. The van der Waals surface area contributed by atoms with E-state index in [0.29, 0.717) is 25.3 Å². The Bertz CT molecular complexity index is 343. The standard InChI is InChI=1S/C15H28N2O2/c1-6-11(3)10-12(4)17-9-8-13(18)16-15(5,7-2)14(17)19/h11-12H,6-10H2,1-5H3,(H,16,18). The molecular weight excluding hydrogens is 240 g/mol. The fourth-order valence-corrected chi connectivity index (χ4v) is 2.60. The van der Waals surface area contributed by atoms with Crippen LogP contribution in [0.25, 0.3) is 0 Å². The van der Waals surface area contributed by atoms with Crippen molar-refractivity contribution in [3.05, 3.63) is 0 Å². The zero-order valence-electron chi connectivity index (χ0n) is 13.0. The van der Waals surface area contributed by atoms with Crippen LogP contribution in [0.1, 0.15) is 60.3 Å². The highest BCUT2D eigenvalue weighted by Crippen LogP contribution is 2.22. The van der Waals surface area contributed by atoms with Gasteiger partial charge in [-0.15, -0.1) is 0 Å². The fraction of sp³-hybridized carbons (Fsp3) is 0.867. The number of carbonyl (C=O) groups excluding carboxylic acids is 2. The zero-order chi connectivity index (χ0) is 14.6. The summed E-state index contributed by atoms with van der Waals surface area (Å²) in [4.78, 5) is 26.3. The first-order chi connectivity index (χ1) is 8.84. The van der Waals surface area contributed by atoms with Crippen LogP contribution in [-0.2, 0) is 9.59 Å². The molecule has 0 spiro atoms. The molecule has 0 aromatic carbocycles. The van der Waals surface area contributed by atoms with Crippen LogP contribution < -0.4 is 5.32 Å². The van der Waals surface area contributed by atoms with E-state index in [1.807, 2.05) is 18.7 Å². The van der Waals surface area contributed by atoms with Crippen LogP contribution in [0.3, 0.4) is 0 Å². The van der Waals surface area contributed by atoms with Gasteiger partial charge in [0.1, 0.15) is 5.54 Å². The second-order valence-electron chi connectivity index (χ2n) is 6.08.